The lowest BCUT2D eigenvalue weighted by Gasteiger charge is -2.56. The number of nitrogens with zero attached hydrogens (tertiary/aromatic N) is 4. The Hall–Kier alpha value is -3.78. The van der Waals surface area contributed by atoms with Crippen LogP contribution in [0.25, 0.3) is 0 Å². The Labute approximate surface area is 342 Å². The largest absolute Gasteiger partial charge is 0.373 e. The van der Waals surface area contributed by atoms with Crippen molar-refractivity contribution in [3.63, 3.8) is 0 Å². The number of likely N-dealkylation sites (tertiary alicyclic amines) is 2. The van der Waals surface area contributed by atoms with Crippen LogP contribution in [0.4, 0.5) is 0 Å². The van der Waals surface area contributed by atoms with E-state index < -0.39 is 11.8 Å². The number of hydrogen-bond acceptors (Lipinski definition) is 8. The molecule has 0 spiro atoms. The van der Waals surface area contributed by atoms with E-state index >= 15 is 0 Å². The summed E-state index contributed by atoms with van der Waals surface area (Å²) in [6, 6.07) is 16.0. The van der Waals surface area contributed by atoms with E-state index in [0.717, 1.165) is 74.4 Å². The molecule has 4 aromatic rings. The van der Waals surface area contributed by atoms with Gasteiger partial charge in [-0.2, -0.15) is 0 Å². The third-order valence-corrected chi connectivity index (χ3v) is 13.4. The Morgan fingerprint density at radius 1 is 0.679 bits per heavy atom. The number of primary amides is 2. The van der Waals surface area contributed by atoms with Gasteiger partial charge in [-0.1, -0.05) is 37.1 Å². The molecule has 2 amide bonds. The first-order chi connectivity index (χ1) is 26.1. The number of nitrogens with two attached hydrogens (primary N) is 2. The molecule has 2 saturated carbocycles. The molecule has 14 heteroatoms. The number of hydrogen-bond donors (Lipinski definition) is 4. The molecular weight excluding hydrogens is 751 g/mol. The molecule has 304 valence electrons. The number of rotatable bonds is 10. The van der Waals surface area contributed by atoms with E-state index in [0.29, 0.717) is 46.9 Å². The number of aromatic amines is 2. The average Bonchev–Trinajstić information content (AvgIpc) is 3.93. The minimum atomic E-state index is -0.390. The number of H-pyrrole nitrogens is 2. The van der Waals surface area contributed by atoms with Crippen LogP contribution in [0.15, 0.2) is 73.6 Å². The fourth-order valence-electron chi connectivity index (χ4n) is 10.6. The normalized spacial score (nSPS) is 28.4. The number of piperidine rings is 2. The minimum absolute atomic E-state index is 0. The summed E-state index contributed by atoms with van der Waals surface area (Å²) in [7, 11) is 3.63. The van der Waals surface area contributed by atoms with E-state index in [1.165, 1.54) is 12.8 Å². The number of carbonyl (C=O) groups excluding carboxylic acids is 2. The lowest BCUT2D eigenvalue weighted by atomic mass is 9.62. The second kappa shape index (κ2) is 18.2. The van der Waals surface area contributed by atoms with Crippen LogP contribution in [0.2, 0.25) is 0 Å². The van der Waals surface area contributed by atoms with Crippen molar-refractivity contribution in [2.45, 2.75) is 75.7 Å². The maximum absolute atomic E-state index is 11.7. The molecule has 2 aliphatic heterocycles. The van der Waals surface area contributed by atoms with Crippen LogP contribution >= 0.6 is 24.8 Å². The number of halogens is 2. The van der Waals surface area contributed by atoms with Gasteiger partial charge in [0.2, 0.25) is 11.8 Å². The molecule has 56 heavy (non-hydrogen) atoms. The quantitative estimate of drug-likeness (QED) is 0.140. The van der Waals surface area contributed by atoms with Crippen LogP contribution in [0.5, 0.6) is 0 Å². The summed E-state index contributed by atoms with van der Waals surface area (Å²) in [6.45, 7) is 8.32. The monoisotopic (exact) mass is 808 g/mol. The van der Waals surface area contributed by atoms with Crippen molar-refractivity contribution in [3.05, 3.63) is 107 Å². The number of imidazole rings is 2. The van der Waals surface area contributed by atoms with E-state index in [4.69, 9.17) is 20.9 Å². The van der Waals surface area contributed by atoms with Crippen molar-refractivity contribution in [1.82, 2.24) is 29.7 Å². The first-order valence-electron chi connectivity index (χ1n) is 19.5. The molecule has 12 nitrogen and oxygen atoms in total. The Morgan fingerprint density at radius 3 is 1.32 bits per heavy atom. The molecule has 0 radical (unpaired) electrons. The topological polar surface area (TPSA) is 168 Å². The van der Waals surface area contributed by atoms with Crippen LogP contribution in [0, 0.1) is 23.7 Å². The highest BCUT2D eigenvalue weighted by Gasteiger charge is 2.55. The average molecular weight is 810 g/mol. The molecule has 4 aliphatic rings. The van der Waals surface area contributed by atoms with Gasteiger partial charge in [-0.15, -0.1) is 24.8 Å². The first kappa shape index (κ1) is 43.3. The fraction of sp³-hybridized carbons (Fsp3) is 0.524. The molecule has 4 unspecified atom stereocenters. The van der Waals surface area contributed by atoms with Gasteiger partial charge in [0, 0.05) is 99.7 Å². The van der Waals surface area contributed by atoms with Gasteiger partial charge < -0.3 is 30.9 Å². The van der Waals surface area contributed by atoms with Gasteiger partial charge >= 0.3 is 0 Å². The summed E-state index contributed by atoms with van der Waals surface area (Å²) in [5.74, 6) is 0.733. The van der Waals surface area contributed by atoms with Gasteiger partial charge in [0.25, 0.3) is 0 Å². The summed E-state index contributed by atoms with van der Waals surface area (Å²) >= 11 is 0. The second-order valence-corrected chi connectivity index (χ2v) is 15.8. The molecule has 2 saturated heterocycles. The van der Waals surface area contributed by atoms with Crippen LogP contribution < -0.4 is 11.5 Å². The second-order valence-electron chi connectivity index (χ2n) is 15.8. The Balaban J connectivity index is 0.000000207. The van der Waals surface area contributed by atoms with Crippen molar-refractivity contribution in [3.8, 4) is 0 Å². The Kier molecular flexibility index (Phi) is 14.1. The third-order valence-electron chi connectivity index (χ3n) is 13.4. The molecule has 2 aromatic carbocycles. The zero-order valence-electron chi connectivity index (χ0n) is 32.9. The van der Waals surface area contributed by atoms with Crippen molar-refractivity contribution in [2.24, 2.45) is 35.1 Å². The first-order valence-corrected chi connectivity index (χ1v) is 19.5. The van der Waals surface area contributed by atoms with Crippen LogP contribution in [0.3, 0.4) is 0 Å². The van der Waals surface area contributed by atoms with Gasteiger partial charge in [-0.25, -0.2) is 9.97 Å². The maximum Gasteiger partial charge on any atom is 0.248 e. The summed E-state index contributed by atoms with van der Waals surface area (Å²) < 4.78 is 12.6. The molecular formula is C42H58Cl2N8O4. The number of nitrogens with one attached hydrogen (secondary N) is 2. The molecule has 2 aliphatic carbocycles. The van der Waals surface area contributed by atoms with E-state index in [2.05, 4.69) is 55.7 Å². The van der Waals surface area contributed by atoms with Gasteiger partial charge in [-0.05, 0) is 74.9 Å². The van der Waals surface area contributed by atoms with Crippen LogP contribution in [0.1, 0.15) is 108 Å². The standard InChI is InChI=1S/2C21H28N4O2.2ClH/c2*1-14(19-10-23-13-24-19)25-11-17-7-4-8-18(12-25)21(17,27-2)16-6-3-5-15(9-16)20(22)26;;/h2*3,5-6,9-10,13-14,17-18H,4,7-8,11-12H2,1-2H3,(H2,22,26)(H,23,24);2*1H/t2*14-,17?,18?,21?;;/m10../s1. The van der Waals surface area contributed by atoms with E-state index in [1.54, 1.807) is 24.8 Å². The predicted octanol–water partition coefficient (Wildman–Crippen LogP) is 6.53. The lowest BCUT2D eigenvalue weighted by Crippen LogP contribution is -2.59. The molecule has 4 heterocycles. The van der Waals surface area contributed by atoms with E-state index in [-0.39, 0.29) is 36.0 Å². The van der Waals surface area contributed by atoms with Crippen LogP contribution in [-0.4, -0.2) is 81.9 Å². The zero-order chi connectivity index (χ0) is 38.0. The highest BCUT2D eigenvalue weighted by molar-refractivity contribution is 5.93. The summed E-state index contributed by atoms with van der Waals surface area (Å²) in [5.41, 5.74) is 15.9. The lowest BCUT2D eigenvalue weighted by molar-refractivity contribution is -0.174. The number of aromatic nitrogens is 4. The summed E-state index contributed by atoms with van der Waals surface area (Å²) in [5, 5.41) is 0. The fourth-order valence-corrected chi connectivity index (χ4v) is 10.6. The van der Waals surface area contributed by atoms with Gasteiger partial charge in [0.1, 0.15) is 11.2 Å². The minimum Gasteiger partial charge on any atom is -0.373 e. The van der Waals surface area contributed by atoms with Gasteiger partial charge in [-0.3, -0.25) is 19.4 Å². The van der Waals surface area contributed by atoms with Crippen molar-refractivity contribution < 1.29 is 19.1 Å². The molecule has 6 atom stereocenters. The van der Waals surface area contributed by atoms with Crippen molar-refractivity contribution >= 4 is 36.6 Å². The maximum atomic E-state index is 11.7. The summed E-state index contributed by atoms with van der Waals surface area (Å²) in [4.78, 5) is 43.4. The number of methoxy groups -OCH3 is 2. The molecule has 8 rings (SSSR count). The molecule has 2 aromatic heterocycles. The predicted molar refractivity (Wildman–Crippen MR) is 221 cm³/mol. The van der Waals surface area contributed by atoms with E-state index in [9.17, 15) is 9.59 Å². The van der Waals surface area contributed by atoms with Gasteiger partial charge in [0.15, 0.2) is 0 Å². The number of fused-ring (bicyclic) bond motifs is 4. The number of amides is 2. The number of ether oxygens (including phenoxy) is 2. The van der Waals surface area contributed by atoms with Gasteiger partial charge in [0.05, 0.1) is 24.0 Å². The van der Waals surface area contributed by atoms with E-state index in [1.807, 2.05) is 50.9 Å². The van der Waals surface area contributed by atoms with Crippen molar-refractivity contribution in [2.75, 3.05) is 40.4 Å². The third kappa shape index (κ3) is 7.88. The SMILES string of the molecule is COC1(c2cccc(C(N)=O)c2)C2CCCC1CN([C@@H](C)c1cnc[nH]1)C2.COC1(c2cccc(C(N)=O)c2)C2CCCC1CN([C@H](C)c1cnc[nH]1)C2.Cl.Cl. The number of benzene rings is 2. The zero-order valence-corrected chi connectivity index (χ0v) is 34.5. The Morgan fingerprint density at radius 2 is 1.04 bits per heavy atom. The summed E-state index contributed by atoms with van der Waals surface area (Å²) in [6.07, 6.45) is 14.2. The Bertz CT molecular complexity index is 1730. The number of carbonyl (C=O) groups is 2. The molecule has 6 N–H and O–H groups in total. The highest BCUT2D eigenvalue weighted by atomic mass is 35.5. The highest BCUT2D eigenvalue weighted by Crippen LogP contribution is 2.54. The smallest absolute Gasteiger partial charge is 0.248 e. The molecule has 4 bridgehead atoms. The van der Waals surface area contributed by atoms with Crippen molar-refractivity contribution in [1.29, 1.82) is 0 Å². The van der Waals surface area contributed by atoms with Crippen LogP contribution in [-0.2, 0) is 20.7 Å². The molecule has 4 fully saturated rings.